The number of hydrogen-bond donors (Lipinski definition) is 0. The van der Waals surface area contributed by atoms with Gasteiger partial charge in [0, 0.05) is 28.3 Å². The number of rotatable bonds is 8. The number of nitrogens with zero attached hydrogens (tertiary/aromatic N) is 4. The Kier molecular flexibility index (Phi) is 9.17. The maximum absolute atomic E-state index is 5.14. The summed E-state index contributed by atoms with van der Waals surface area (Å²) >= 11 is 0. The fourth-order valence-corrected chi connectivity index (χ4v) is 7.20. The number of fused-ring (bicyclic) bond motifs is 4. The fourth-order valence-electron chi connectivity index (χ4n) is 7.20. The van der Waals surface area contributed by atoms with Crippen LogP contribution in [0.2, 0.25) is 0 Å². The number of hydrogen-bond acceptors (Lipinski definition) is 2. The van der Waals surface area contributed by atoms with Gasteiger partial charge < -0.3 is 0 Å². The number of benzene rings is 7. The molecule has 8 rings (SSSR count). The smallest absolute Gasteiger partial charge is 0.161 e. The highest BCUT2D eigenvalue weighted by atomic mass is 15.0. The molecule has 0 aliphatic heterocycles. The Morgan fingerprint density at radius 3 is 1.94 bits per heavy atom. The third-order valence-electron chi connectivity index (χ3n) is 9.63. The van der Waals surface area contributed by atoms with E-state index in [2.05, 4.69) is 122 Å². The molecule has 7 aromatic carbocycles. The quantitative estimate of drug-likeness (QED) is 0.0895. The summed E-state index contributed by atoms with van der Waals surface area (Å²) in [6, 6.07) is 52.1. The van der Waals surface area contributed by atoms with Crippen molar-refractivity contribution in [1.29, 1.82) is 0 Å². The molecule has 0 aliphatic carbocycles. The second-order valence-corrected chi connectivity index (χ2v) is 12.8. The molecule has 0 bridgehead atoms. The van der Waals surface area contributed by atoms with Gasteiger partial charge in [0.15, 0.2) is 11.7 Å². The Hall–Kier alpha value is -7.04. The highest BCUT2D eigenvalue weighted by molar-refractivity contribution is 6.20. The first kappa shape index (κ1) is 33.1. The highest BCUT2D eigenvalue weighted by Crippen LogP contribution is 2.41. The minimum Gasteiger partial charge on any atom is -0.261 e. The van der Waals surface area contributed by atoms with Gasteiger partial charge in [-0.15, -0.1) is 0 Å². The molecule has 0 atom stereocenters. The van der Waals surface area contributed by atoms with Crippen LogP contribution in [0.5, 0.6) is 0 Å². The molecule has 4 heteroatoms. The van der Waals surface area contributed by atoms with Crippen molar-refractivity contribution in [3.8, 4) is 22.3 Å². The van der Waals surface area contributed by atoms with E-state index in [9.17, 15) is 0 Å². The third-order valence-corrected chi connectivity index (χ3v) is 9.63. The Labute approximate surface area is 309 Å². The zero-order valence-electron chi connectivity index (χ0n) is 29.3. The summed E-state index contributed by atoms with van der Waals surface area (Å²) in [7, 11) is 0. The topological polar surface area (TPSA) is 50.0 Å². The highest BCUT2D eigenvalue weighted by Gasteiger charge is 2.18. The standard InChI is InChI=1S/C49H36N4/c1-4-39-40(5-2)44-27-15-25-41(46(44)45-24-13-12-23-43(39)45)36-29-37(42-26-14-21-34-22-16-28-51-47(34)42)31-38(30-36)48(50-3)53-49(35-19-10-7-11-20-35)52-32-33-17-8-6-9-18-33/h4-31H,1-3,32H2. The second-order valence-electron chi connectivity index (χ2n) is 12.8. The van der Waals surface area contributed by atoms with E-state index in [0.29, 0.717) is 18.2 Å². The minimum atomic E-state index is 0.475. The average Bonchev–Trinajstić information content (AvgIpc) is 3.23. The molecule has 4 nitrogen and oxygen atoms in total. The maximum Gasteiger partial charge on any atom is 0.161 e. The van der Waals surface area contributed by atoms with Gasteiger partial charge in [0.2, 0.25) is 0 Å². The molecular formula is C49H36N4. The lowest BCUT2D eigenvalue weighted by Gasteiger charge is -2.18. The van der Waals surface area contributed by atoms with Crippen LogP contribution in [0, 0.1) is 0 Å². The molecule has 53 heavy (non-hydrogen) atoms. The van der Waals surface area contributed by atoms with Gasteiger partial charge in [0.05, 0.1) is 12.1 Å². The number of amidine groups is 2. The first-order chi connectivity index (χ1) is 26.2. The lowest BCUT2D eigenvalue weighted by atomic mass is 9.86. The average molecular weight is 681 g/mol. The van der Waals surface area contributed by atoms with Crippen LogP contribution in [0.1, 0.15) is 27.8 Å². The summed E-state index contributed by atoms with van der Waals surface area (Å²) in [6.07, 6.45) is 5.71. The van der Waals surface area contributed by atoms with E-state index in [1.807, 2.05) is 72.9 Å². The van der Waals surface area contributed by atoms with Crippen molar-refractivity contribution < 1.29 is 0 Å². The van der Waals surface area contributed by atoms with Crippen LogP contribution >= 0.6 is 0 Å². The summed E-state index contributed by atoms with van der Waals surface area (Å²) in [6.45, 7) is 12.9. The Bertz CT molecular complexity index is 2740. The molecule has 0 saturated heterocycles. The van der Waals surface area contributed by atoms with Gasteiger partial charge in [-0.3, -0.25) is 9.98 Å². The van der Waals surface area contributed by atoms with Crippen molar-refractivity contribution in [3.63, 3.8) is 0 Å². The van der Waals surface area contributed by atoms with E-state index in [1.54, 1.807) is 0 Å². The molecule has 0 unspecified atom stereocenters. The molecule has 252 valence electrons. The zero-order chi connectivity index (χ0) is 36.1. The SMILES string of the molecule is C=Cc1c(C=C)c2cccc(-c3cc(C(N=C)=NC(=NCc4ccccc4)c4ccccc4)cc(-c4cccc5cccnc45)c3)c2c2ccccc12. The van der Waals surface area contributed by atoms with Crippen LogP contribution in [0.4, 0.5) is 0 Å². The van der Waals surface area contributed by atoms with Crippen LogP contribution in [-0.4, -0.2) is 23.4 Å². The van der Waals surface area contributed by atoms with Crippen LogP contribution in [0.25, 0.3) is 66.9 Å². The van der Waals surface area contributed by atoms with Gasteiger partial charge in [-0.05, 0) is 85.9 Å². The molecule has 0 aliphatic rings. The Morgan fingerprint density at radius 2 is 1.19 bits per heavy atom. The molecule has 0 N–H and O–H groups in total. The summed E-state index contributed by atoms with van der Waals surface area (Å²) in [4.78, 5) is 19.5. The molecule has 0 amide bonds. The van der Waals surface area contributed by atoms with Gasteiger partial charge in [-0.2, -0.15) is 0 Å². The van der Waals surface area contributed by atoms with E-state index in [0.717, 1.165) is 82.5 Å². The van der Waals surface area contributed by atoms with Gasteiger partial charge in [-0.1, -0.05) is 153 Å². The van der Waals surface area contributed by atoms with Crippen LogP contribution in [-0.2, 0) is 6.54 Å². The summed E-state index contributed by atoms with van der Waals surface area (Å²) in [5.74, 6) is 1.06. The molecule has 0 saturated carbocycles. The summed E-state index contributed by atoms with van der Waals surface area (Å²) < 4.78 is 0. The first-order valence-electron chi connectivity index (χ1n) is 17.6. The largest absolute Gasteiger partial charge is 0.261 e. The van der Waals surface area contributed by atoms with Crippen LogP contribution < -0.4 is 0 Å². The fraction of sp³-hybridized carbons (Fsp3) is 0.0204. The Balaban J connectivity index is 1.41. The van der Waals surface area contributed by atoms with Gasteiger partial charge in [-0.25, -0.2) is 9.98 Å². The predicted octanol–water partition coefficient (Wildman–Crippen LogP) is 12.3. The van der Waals surface area contributed by atoms with Crippen LogP contribution in [0.15, 0.2) is 186 Å². The van der Waals surface area contributed by atoms with E-state index >= 15 is 0 Å². The third kappa shape index (κ3) is 6.39. The number of para-hydroxylation sites is 1. The van der Waals surface area contributed by atoms with E-state index < -0.39 is 0 Å². The summed E-state index contributed by atoms with van der Waals surface area (Å²) in [5.41, 5.74) is 9.97. The minimum absolute atomic E-state index is 0.475. The van der Waals surface area contributed by atoms with Crippen molar-refractivity contribution in [2.24, 2.45) is 15.0 Å². The lowest BCUT2D eigenvalue weighted by Crippen LogP contribution is -2.06. The lowest BCUT2D eigenvalue weighted by molar-refractivity contribution is 1.06. The molecule has 1 heterocycles. The van der Waals surface area contributed by atoms with E-state index in [-0.39, 0.29) is 0 Å². The summed E-state index contributed by atoms with van der Waals surface area (Å²) in [5, 5.41) is 5.59. The number of aliphatic imine (C=N–C) groups is 3. The van der Waals surface area contributed by atoms with Gasteiger partial charge >= 0.3 is 0 Å². The molecule has 8 aromatic rings. The number of aromatic nitrogens is 1. The van der Waals surface area contributed by atoms with Gasteiger partial charge in [0.1, 0.15) is 0 Å². The van der Waals surface area contributed by atoms with Crippen molar-refractivity contribution in [2.75, 3.05) is 0 Å². The second kappa shape index (κ2) is 14.7. The van der Waals surface area contributed by atoms with Gasteiger partial charge in [0.25, 0.3) is 0 Å². The molecule has 0 radical (unpaired) electrons. The number of pyridine rings is 1. The predicted molar refractivity (Wildman–Crippen MR) is 227 cm³/mol. The van der Waals surface area contributed by atoms with Crippen molar-refractivity contribution >= 4 is 63.0 Å². The van der Waals surface area contributed by atoms with Crippen molar-refractivity contribution in [3.05, 3.63) is 199 Å². The zero-order valence-corrected chi connectivity index (χ0v) is 29.3. The maximum atomic E-state index is 5.14. The normalized spacial score (nSPS) is 11.9. The molecular weight excluding hydrogens is 645 g/mol. The van der Waals surface area contributed by atoms with Crippen LogP contribution in [0.3, 0.4) is 0 Å². The Morgan fingerprint density at radius 1 is 0.566 bits per heavy atom. The molecule has 0 fully saturated rings. The first-order valence-corrected chi connectivity index (χ1v) is 17.6. The van der Waals surface area contributed by atoms with E-state index in [1.165, 1.54) is 0 Å². The van der Waals surface area contributed by atoms with Crippen molar-refractivity contribution in [2.45, 2.75) is 6.54 Å². The van der Waals surface area contributed by atoms with Crippen molar-refractivity contribution in [1.82, 2.24) is 4.98 Å². The molecule has 1 aromatic heterocycles. The molecule has 0 spiro atoms. The van der Waals surface area contributed by atoms with E-state index in [4.69, 9.17) is 15.0 Å². The monoisotopic (exact) mass is 680 g/mol.